The molecule has 0 N–H and O–H groups in total. The fourth-order valence-electron chi connectivity index (χ4n) is 3.36. The molecule has 106 valence electrons. The molecule has 0 saturated heterocycles. The van der Waals surface area contributed by atoms with Crippen LogP contribution in [0.25, 0.3) is 10.8 Å². The van der Waals surface area contributed by atoms with E-state index in [0.29, 0.717) is 0 Å². The Morgan fingerprint density at radius 3 is 2.62 bits per heavy atom. The van der Waals surface area contributed by atoms with E-state index in [0.717, 1.165) is 17.9 Å². The Balaban J connectivity index is 1.87. The monoisotopic (exact) mass is 340 g/mol. The highest BCUT2D eigenvalue weighted by atomic mass is 79.9. The Bertz CT molecular complexity index is 805. The molecule has 0 fully saturated rings. The molecule has 0 saturated carbocycles. The molecule has 21 heavy (non-hydrogen) atoms. The summed E-state index contributed by atoms with van der Waals surface area (Å²) in [6, 6.07) is 15.4. The maximum Gasteiger partial charge on any atom is 0.122 e. The van der Waals surface area contributed by atoms with Crippen molar-refractivity contribution in [2.45, 2.75) is 31.0 Å². The van der Waals surface area contributed by atoms with Gasteiger partial charge in [-0.3, -0.25) is 0 Å². The highest BCUT2D eigenvalue weighted by molar-refractivity contribution is 9.09. The standard InChI is InChI=1S/C19H17BrO/c1-2-14-9-11-17(21-14)19(20)16-10-8-13-7-6-12-4-3-5-15(16)18(12)13/h3-5,8-11,19H,2,6-7H2,1H3. The zero-order chi connectivity index (χ0) is 14.4. The lowest BCUT2D eigenvalue weighted by atomic mass is 9.97. The van der Waals surface area contributed by atoms with Gasteiger partial charge in [0.15, 0.2) is 0 Å². The van der Waals surface area contributed by atoms with Crippen molar-refractivity contribution in [2.24, 2.45) is 0 Å². The summed E-state index contributed by atoms with van der Waals surface area (Å²) in [7, 11) is 0. The van der Waals surface area contributed by atoms with Gasteiger partial charge < -0.3 is 4.42 Å². The summed E-state index contributed by atoms with van der Waals surface area (Å²) in [4.78, 5) is 0.114. The fraction of sp³-hybridized carbons (Fsp3) is 0.263. The maximum absolute atomic E-state index is 5.93. The lowest BCUT2D eigenvalue weighted by molar-refractivity contribution is 0.477. The third kappa shape index (κ3) is 2.04. The third-order valence-corrected chi connectivity index (χ3v) is 5.41. The molecule has 2 aromatic carbocycles. The minimum Gasteiger partial charge on any atom is -0.465 e. The van der Waals surface area contributed by atoms with Crippen molar-refractivity contribution in [1.29, 1.82) is 0 Å². The summed E-state index contributed by atoms with van der Waals surface area (Å²) < 4.78 is 5.93. The molecule has 3 aromatic rings. The van der Waals surface area contributed by atoms with Gasteiger partial charge in [-0.2, -0.15) is 0 Å². The summed E-state index contributed by atoms with van der Waals surface area (Å²) >= 11 is 3.83. The van der Waals surface area contributed by atoms with Crippen molar-refractivity contribution in [3.63, 3.8) is 0 Å². The minimum atomic E-state index is 0.114. The second-order valence-electron chi connectivity index (χ2n) is 5.67. The zero-order valence-electron chi connectivity index (χ0n) is 12.0. The number of hydrogen-bond donors (Lipinski definition) is 0. The quantitative estimate of drug-likeness (QED) is 0.567. The molecule has 0 spiro atoms. The van der Waals surface area contributed by atoms with E-state index in [-0.39, 0.29) is 4.83 Å². The third-order valence-electron chi connectivity index (χ3n) is 4.46. The lowest BCUT2D eigenvalue weighted by Gasteiger charge is -2.13. The van der Waals surface area contributed by atoms with Crippen molar-refractivity contribution in [1.82, 2.24) is 0 Å². The molecule has 0 radical (unpaired) electrons. The van der Waals surface area contributed by atoms with E-state index in [1.165, 1.54) is 40.3 Å². The molecule has 1 aliphatic carbocycles. The second-order valence-corrected chi connectivity index (χ2v) is 6.59. The molecule has 4 rings (SSSR count). The molecule has 1 aliphatic rings. The van der Waals surface area contributed by atoms with E-state index in [2.05, 4.69) is 65.3 Å². The van der Waals surface area contributed by atoms with Gasteiger partial charge in [0.05, 0.1) is 4.83 Å². The Hall–Kier alpha value is -1.54. The van der Waals surface area contributed by atoms with E-state index in [4.69, 9.17) is 4.42 Å². The Morgan fingerprint density at radius 2 is 1.86 bits per heavy atom. The Labute approximate surface area is 133 Å². The molecular weight excluding hydrogens is 324 g/mol. The van der Waals surface area contributed by atoms with Gasteiger partial charge in [-0.15, -0.1) is 0 Å². The van der Waals surface area contributed by atoms with E-state index >= 15 is 0 Å². The van der Waals surface area contributed by atoms with Crippen molar-refractivity contribution >= 4 is 26.7 Å². The number of aryl methyl sites for hydroxylation is 3. The molecule has 1 aromatic heterocycles. The van der Waals surface area contributed by atoms with E-state index in [1.54, 1.807) is 0 Å². The van der Waals surface area contributed by atoms with Gasteiger partial charge in [-0.05, 0) is 52.4 Å². The van der Waals surface area contributed by atoms with Gasteiger partial charge in [-0.1, -0.05) is 53.2 Å². The van der Waals surface area contributed by atoms with Gasteiger partial charge in [0.1, 0.15) is 11.5 Å². The number of halogens is 1. The van der Waals surface area contributed by atoms with Crippen LogP contribution < -0.4 is 0 Å². The SMILES string of the molecule is CCc1ccc(C(Br)c2ccc3c4c(cccc24)CC3)o1. The van der Waals surface area contributed by atoms with E-state index in [1.807, 2.05) is 0 Å². The van der Waals surface area contributed by atoms with Crippen molar-refractivity contribution < 1.29 is 4.42 Å². The van der Waals surface area contributed by atoms with Crippen LogP contribution in [0.1, 0.15) is 40.0 Å². The van der Waals surface area contributed by atoms with Crippen LogP contribution in [0.4, 0.5) is 0 Å². The van der Waals surface area contributed by atoms with Crippen molar-refractivity contribution in [3.05, 3.63) is 70.7 Å². The van der Waals surface area contributed by atoms with Crippen LogP contribution in [0.3, 0.4) is 0 Å². The smallest absolute Gasteiger partial charge is 0.122 e. The van der Waals surface area contributed by atoms with Crippen molar-refractivity contribution in [2.75, 3.05) is 0 Å². The van der Waals surface area contributed by atoms with E-state index in [9.17, 15) is 0 Å². The van der Waals surface area contributed by atoms with Crippen LogP contribution in [0.5, 0.6) is 0 Å². The normalized spacial score (nSPS) is 14.8. The molecule has 1 nitrogen and oxygen atoms in total. The first-order valence-corrected chi connectivity index (χ1v) is 8.45. The molecule has 1 unspecified atom stereocenters. The molecule has 2 heteroatoms. The first kappa shape index (κ1) is 13.1. The number of alkyl halides is 1. The maximum atomic E-state index is 5.93. The average molecular weight is 341 g/mol. The van der Waals surface area contributed by atoms with Gasteiger partial charge in [-0.25, -0.2) is 0 Å². The summed E-state index contributed by atoms with van der Waals surface area (Å²) in [5, 5.41) is 2.82. The van der Waals surface area contributed by atoms with E-state index < -0.39 is 0 Å². The molecule has 1 atom stereocenters. The number of benzene rings is 2. The fourth-order valence-corrected chi connectivity index (χ4v) is 4.01. The predicted octanol–water partition coefficient (Wildman–Crippen LogP) is 5.58. The topological polar surface area (TPSA) is 13.1 Å². The van der Waals surface area contributed by atoms with Crippen LogP contribution in [0, 0.1) is 0 Å². The van der Waals surface area contributed by atoms with Gasteiger partial charge in [0.25, 0.3) is 0 Å². The van der Waals surface area contributed by atoms with Gasteiger partial charge >= 0.3 is 0 Å². The number of furan rings is 1. The molecule has 0 bridgehead atoms. The number of hydrogen-bond acceptors (Lipinski definition) is 1. The summed E-state index contributed by atoms with van der Waals surface area (Å²) in [6.07, 6.45) is 3.27. The molecule has 1 heterocycles. The summed E-state index contributed by atoms with van der Waals surface area (Å²) in [6.45, 7) is 2.12. The first-order chi connectivity index (χ1) is 10.3. The Morgan fingerprint density at radius 1 is 1.05 bits per heavy atom. The molecular formula is C19H17BrO. The number of rotatable bonds is 3. The Kier molecular flexibility index (Phi) is 3.15. The van der Waals surface area contributed by atoms with Crippen LogP contribution in [0.15, 0.2) is 46.9 Å². The lowest BCUT2D eigenvalue weighted by Crippen LogP contribution is -1.94. The molecule has 0 aliphatic heterocycles. The van der Waals surface area contributed by atoms with Crippen LogP contribution in [0.2, 0.25) is 0 Å². The summed E-state index contributed by atoms with van der Waals surface area (Å²) in [5.41, 5.74) is 4.27. The predicted molar refractivity (Wildman–Crippen MR) is 90.2 cm³/mol. The largest absolute Gasteiger partial charge is 0.465 e. The summed E-state index contributed by atoms with van der Waals surface area (Å²) in [5.74, 6) is 2.03. The first-order valence-electron chi connectivity index (χ1n) is 7.54. The average Bonchev–Trinajstić information content (AvgIpc) is 3.15. The van der Waals surface area contributed by atoms with Gasteiger partial charge in [0.2, 0.25) is 0 Å². The van der Waals surface area contributed by atoms with Crippen LogP contribution >= 0.6 is 15.9 Å². The molecule has 0 amide bonds. The minimum absolute atomic E-state index is 0.114. The second kappa shape index (κ2) is 5.03. The zero-order valence-corrected chi connectivity index (χ0v) is 13.6. The van der Waals surface area contributed by atoms with Crippen LogP contribution in [-0.2, 0) is 19.3 Å². The van der Waals surface area contributed by atoms with Crippen LogP contribution in [-0.4, -0.2) is 0 Å². The van der Waals surface area contributed by atoms with Gasteiger partial charge in [0, 0.05) is 6.42 Å². The van der Waals surface area contributed by atoms with Crippen molar-refractivity contribution in [3.8, 4) is 0 Å². The highest BCUT2D eigenvalue weighted by Gasteiger charge is 2.21. The highest BCUT2D eigenvalue weighted by Crippen LogP contribution is 2.40.